The van der Waals surface area contributed by atoms with Crippen LogP contribution in [0, 0.1) is 12.3 Å². The van der Waals surface area contributed by atoms with Crippen LogP contribution >= 0.6 is 0 Å². The third-order valence-electron chi connectivity index (χ3n) is 3.79. The van der Waals surface area contributed by atoms with E-state index < -0.39 is 0 Å². The van der Waals surface area contributed by atoms with Crippen molar-refractivity contribution in [3.63, 3.8) is 0 Å². The molecule has 0 spiro atoms. The van der Waals surface area contributed by atoms with Crippen LogP contribution in [-0.2, 0) is 11.3 Å². The highest BCUT2D eigenvalue weighted by molar-refractivity contribution is 5.83. The van der Waals surface area contributed by atoms with Crippen LogP contribution in [0.1, 0.15) is 32.9 Å². The molecule has 0 aliphatic carbocycles. The zero-order valence-corrected chi connectivity index (χ0v) is 14.7. The van der Waals surface area contributed by atoms with E-state index in [0.717, 1.165) is 5.39 Å². The Morgan fingerprint density at radius 2 is 1.92 bits per heavy atom. The second kappa shape index (κ2) is 7.13. The number of hydrogen-bond donors (Lipinski definition) is 2. The van der Waals surface area contributed by atoms with E-state index in [1.54, 1.807) is 12.1 Å². The molecule has 0 saturated heterocycles. The molecule has 0 saturated carbocycles. The second-order valence-electron chi connectivity index (χ2n) is 7.31. The van der Waals surface area contributed by atoms with Crippen molar-refractivity contribution in [1.82, 2.24) is 15.1 Å². The Bertz CT molecular complexity index is 790. The molecule has 2 aromatic rings. The third-order valence-corrected chi connectivity index (χ3v) is 3.79. The van der Waals surface area contributed by atoms with Crippen molar-refractivity contribution >= 4 is 16.7 Å². The lowest BCUT2D eigenvalue weighted by molar-refractivity contribution is -0.123. The SMILES string of the molecule is Cc1nn(CC(=O)NC(CO)CC(C)(C)C)c(=O)c2ccccc12. The molecule has 6 nitrogen and oxygen atoms in total. The van der Waals surface area contributed by atoms with Crippen LogP contribution in [0.5, 0.6) is 0 Å². The Kier molecular flexibility index (Phi) is 5.39. The number of carbonyl (C=O) groups is 1. The van der Waals surface area contributed by atoms with Gasteiger partial charge in [0.15, 0.2) is 0 Å². The lowest BCUT2D eigenvalue weighted by Gasteiger charge is -2.25. The average Bonchev–Trinajstić information content (AvgIpc) is 2.50. The first-order valence-corrected chi connectivity index (χ1v) is 8.08. The molecule has 1 unspecified atom stereocenters. The van der Waals surface area contributed by atoms with E-state index in [4.69, 9.17) is 0 Å². The van der Waals surface area contributed by atoms with Crippen molar-refractivity contribution < 1.29 is 9.90 Å². The number of rotatable bonds is 5. The average molecular weight is 331 g/mol. The van der Waals surface area contributed by atoms with E-state index in [9.17, 15) is 14.7 Å². The van der Waals surface area contributed by atoms with Gasteiger partial charge in [-0.1, -0.05) is 39.0 Å². The number of amides is 1. The summed E-state index contributed by atoms with van der Waals surface area (Å²) in [5, 5.41) is 17.8. The molecule has 1 aromatic heterocycles. The van der Waals surface area contributed by atoms with Crippen LogP contribution in [0.25, 0.3) is 10.8 Å². The number of aryl methyl sites for hydroxylation is 1. The first-order chi connectivity index (χ1) is 11.2. The summed E-state index contributed by atoms with van der Waals surface area (Å²) in [5.41, 5.74) is 0.393. The zero-order valence-electron chi connectivity index (χ0n) is 14.7. The Morgan fingerprint density at radius 3 is 2.50 bits per heavy atom. The minimum atomic E-state index is -0.338. The number of hydrogen-bond acceptors (Lipinski definition) is 4. The topological polar surface area (TPSA) is 84.2 Å². The molecule has 0 aliphatic rings. The molecule has 1 heterocycles. The highest BCUT2D eigenvalue weighted by Crippen LogP contribution is 2.20. The Labute approximate surface area is 141 Å². The summed E-state index contributed by atoms with van der Waals surface area (Å²) >= 11 is 0. The molecule has 24 heavy (non-hydrogen) atoms. The monoisotopic (exact) mass is 331 g/mol. The highest BCUT2D eigenvalue weighted by Gasteiger charge is 2.20. The summed E-state index contributed by atoms with van der Waals surface area (Å²) in [4.78, 5) is 24.7. The molecule has 2 N–H and O–H groups in total. The molecule has 130 valence electrons. The molecule has 0 aliphatic heterocycles. The van der Waals surface area contributed by atoms with Crippen LogP contribution in [0.2, 0.25) is 0 Å². The molecule has 1 atom stereocenters. The number of nitrogens with zero attached hydrogens (tertiary/aromatic N) is 2. The molecule has 0 fully saturated rings. The largest absolute Gasteiger partial charge is 0.394 e. The maximum Gasteiger partial charge on any atom is 0.275 e. The summed E-state index contributed by atoms with van der Waals surface area (Å²) in [5.74, 6) is -0.331. The van der Waals surface area contributed by atoms with Crippen LogP contribution < -0.4 is 10.9 Å². The fraction of sp³-hybridized carbons (Fsp3) is 0.500. The fourth-order valence-electron chi connectivity index (χ4n) is 2.82. The van der Waals surface area contributed by atoms with Gasteiger partial charge in [-0.3, -0.25) is 9.59 Å². The van der Waals surface area contributed by atoms with Gasteiger partial charge < -0.3 is 10.4 Å². The molecular weight excluding hydrogens is 306 g/mol. The van der Waals surface area contributed by atoms with Gasteiger partial charge in [0.25, 0.3) is 5.56 Å². The van der Waals surface area contributed by atoms with Gasteiger partial charge in [0.2, 0.25) is 5.91 Å². The fourth-order valence-corrected chi connectivity index (χ4v) is 2.82. The van der Waals surface area contributed by atoms with E-state index in [1.807, 2.05) is 39.8 Å². The number of benzene rings is 1. The molecule has 1 aromatic carbocycles. The van der Waals surface area contributed by atoms with E-state index in [2.05, 4.69) is 10.4 Å². The Morgan fingerprint density at radius 1 is 1.29 bits per heavy atom. The van der Waals surface area contributed by atoms with Gasteiger partial charge in [-0.25, -0.2) is 4.68 Å². The minimum Gasteiger partial charge on any atom is -0.394 e. The second-order valence-corrected chi connectivity index (χ2v) is 7.31. The summed E-state index contributed by atoms with van der Waals surface area (Å²) in [7, 11) is 0. The van der Waals surface area contributed by atoms with Crippen molar-refractivity contribution in [1.29, 1.82) is 0 Å². The van der Waals surface area contributed by atoms with Gasteiger partial charge in [0, 0.05) is 5.39 Å². The summed E-state index contributed by atoms with van der Waals surface area (Å²) in [6.45, 7) is 7.64. The van der Waals surface area contributed by atoms with Crippen molar-refractivity contribution in [2.24, 2.45) is 5.41 Å². The Balaban J connectivity index is 2.19. The quantitative estimate of drug-likeness (QED) is 0.872. The maximum atomic E-state index is 12.5. The van der Waals surface area contributed by atoms with Crippen molar-refractivity contribution in [2.75, 3.05) is 6.61 Å². The van der Waals surface area contributed by atoms with Crippen LogP contribution in [0.3, 0.4) is 0 Å². The maximum absolute atomic E-state index is 12.5. The van der Waals surface area contributed by atoms with E-state index in [-0.39, 0.29) is 36.1 Å². The van der Waals surface area contributed by atoms with Crippen LogP contribution in [0.15, 0.2) is 29.1 Å². The molecule has 2 rings (SSSR count). The van der Waals surface area contributed by atoms with E-state index in [0.29, 0.717) is 17.5 Å². The molecule has 0 radical (unpaired) electrons. The van der Waals surface area contributed by atoms with Gasteiger partial charge in [0.05, 0.1) is 23.7 Å². The smallest absolute Gasteiger partial charge is 0.275 e. The highest BCUT2D eigenvalue weighted by atomic mass is 16.3. The number of aromatic nitrogens is 2. The van der Waals surface area contributed by atoms with Gasteiger partial charge in [-0.15, -0.1) is 0 Å². The normalized spacial score (nSPS) is 13.0. The number of nitrogens with one attached hydrogen (secondary N) is 1. The number of fused-ring (bicyclic) bond motifs is 1. The predicted octanol–water partition coefficient (Wildman–Crippen LogP) is 1.62. The summed E-state index contributed by atoms with van der Waals surface area (Å²) in [6, 6.07) is 6.88. The van der Waals surface area contributed by atoms with Crippen LogP contribution in [0.4, 0.5) is 0 Å². The van der Waals surface area contributed by atoms with Crippen molar-refractivity contribution in [3.8, 4) is 0 Å². The lowest BCUT2D eigenvalue weighted by Crippen LogP contribution is -2.43. The minimum absolute atomic E-state index is 0.0186. The van der Waals surface area contributed by atoms with Gasteiger partial charge in [0.1, 0.15) is 6.54 Å². The number of aliphatic hydroxyl groups is 1. The van der Waals surface area contributed by atoms with Gasteiger partial charge in [-0.05, 0) is 24.8 Å². The molecular formula is C18H25N3O3. The van der Waals surface area contributed by atoms with Gasteiger partial charge in [-0.2, -0.15) is 5.10 Å². The number of carbonyl (C=O) groups excluding carboxylic acids is 1. The standard InChI is InChI=1S/C18H25N3O3/c1-12-14-7-5-6-8-15(14)17(24)21(20-12)10-16(23)19-13(11-22)9-18(2,3)4/h5-8,13,22H,9-11H2,1-4H3,(H,19,23). The predicted molar refractivity (Wildman–Crippen MR) is 93.8 cm³/mol. The number of aliphatic hydroxyl groups excluding tert-OH is 1. The molecule has 0 bridgehead atoms. The summed E-state index contributed by atoms with van der Waals surface area (Å²) < 4.78 is 1.18. The Hall–Kier alpha value is -2.21. The third kappa shape index (κ3) is 4.41. The molecule has 6 heteroatoms. The summed E-state index contributed by atoms with van der Waals surface area (Å²) in [6.07, 6.45) is 0.647. The van der Waals surface area contributed by atoms with E-state index >= 15 is 0 Å². The lowest BCUT2D eigenvalue weighted by atomic mass is 9.88. The van der Waals surface area contributed by atoms with Crippen molar-refractivity contribution in [2.45, 2.75) is 46.7 Å². The molecule has 1 amide bonds. The first kappa shape index (κ1) is 18.1. The van der Waals surface area contributed by atoms with E-state index in [1.165, 1.54) is 4.68 Å². The van der Waals surface area contributed by atoms with Gasteiger partial charge >= 0.3 is 0 Å². The van der Waals surface area contributed by atoms with Crippen molar-refractivity contribution in [3.05, 3.63) is 40.3 Å². The zero-order chi connectivity index (χ0) is 17.9. The van der Waals surface area contributed by atoms with Crippen LogP contribution in [-0.4, -0.2) is 33.4 Å². The first-order valence-electron chi connectivity index (χ1n) is 8.08.